The lowest BCUT2D eigenvalue weighted by atomic mass is 10.1. The highest BCUT2D eigenvalue weighted by atomic mass is 16.2. The molecule has 1 aromatic heterocycles. The molecule has 1 atom stereocenters. The second-order valence-corrected chi connectivity index (χ2v) is 3.68. The molecule has 0 unspecified atom stereocenters. The molecule has 0 aliphatic carbocycles. The van der Waals surface area contributed by atoms with Gasteiger partial charge in [-0.05, 0) is 12.8 Å². The van der Waals surface area contributed by atoms with Crippen LogP contribution in [0.25, 0.3) is 0 Å². The highest BCUT2D eigenvalue weighted by Crippen LogP contribution is 2.23. The Kier molecular flexibility index (Phi) is 2.03. The summed E-state index contributed by atoms with van der Waals surface area (Å²) in [7, 11) is 3.60. The van der Waals surface area contributed by atoms with Gasteiger partial charge in [0.25, 0.3) is 0 Å². The molecule has 14 heavy (non-hydrogen) atoms. The van der Waals surface area contributed by atoms with Gasteiger partial charge < -0.3 is 10.6 Å². The standard InChI is InChI=1S/C9H14N4O/c1-12-5-8-7(11-12)4-3-6(10)9(14)13(8)2/h5-6H,3-4,10H2,1-2H3/t6-/m0/s1. The fraction of sp³-hybridized carbons (Fsp3) is 0.556. The number of hydrogen-bond acceptors (Lipinski definition) is 3. The Hall–Kier alpha value is -1.36. The minimum Gasteiger partial charge on any atom is -0.320 e. The number of amides is 1. The zero-order chi connectivity index (χ0) is 10.3. The molecule has 0 aromatic carbocycles. The number of nitrogens with two attached hydrogens (primary N) is 1. The highest BCUT2D eigenvalue weighted by Gasteiger charge is 2.26. The van der Waals surface area contributed by atoms with Crippen molar-refractivity contribution in [2.75, 3.05) is 11.9 Å². The quantitative estimate of drug-likeness (QED) is 0.614. The Bertz CT molecular complexity index is 371. The summed E-state index contributed by atoms with van der Waals surface area (Å²) < 4.78 is 1.73. The molecule has 0 bridgehead atoms. The van der Waals surface area contributed by atoms with E-state index in [0.717, 1.165) is 17.8 Å². The van der Waals surface area contributed by atoms with Gasteiger partial charge in [0, 0.05) is 20.3 Å². The first kappa shape index (κ1) is 9.21. The molecule has 1 aliphatic rings. The van der Waals surface area contributed by atoms with E-state index in [1.807, 2.05) is 13.2 Å². The first-order valence-electron chi connectivity index (χ1n) is 4.65. The minimum absolute atomic E-state index is 0.0308. The van der Waals surface area contributed by atoms with Gasteiger partial charge in [-0.15, -0.1) is 0 Å². The lowest BCUT2D eigenvalue weighted by Crippen LogP contribution is -2.40. The number of nitrogens with zero attached hydrogens (tertiary/aromatic N) is 3. The van der Waals surface area contributed by atoms with Crippen LogP contribution in [-0.4, -0.2) is 28.8 Å². The molecule has 76 valence electrons. The lowest BCUT2D eigenvalue weighted by molar-refractivity contribution is -0.119. The average molecular weight is 194 g/mol. The molecular formula is C9H14N4O. The molecule has 0 radical (unpaired) electrons. The van der Waals surface area contributed by atoms with Gasteiger partial charge in [-0.2, -0.15) is 5.10 Å². The molecule has 0 saturated carbocycles. The number of fused-ring (bicyclic) bond motifs is 1. The molecule has 2 rings (SSSR count). The third-order valence-corrected chi connectivity index (χ3v) is 2.58. The van der Waals surface area contributed by atoms with Crippen LogP contribution in [-0.2, 0) is 18.3 Å². The predicted molar refractivity (Wildman–Crippen MR) is 52.9 cm³/mol. The van der Waals surface area contributed by atoms with Gasteiger partial charge in [-0.3, -0.25) is 9.48 Å². The molecule has 1 amide bonds. The van der Waals surface area contributed by atoms with Crippen LogP contribution in [0, 0.1) is 0 Å². The summed E-state index contributed by atoms with van der Waals surface area (Å²) in [5.41, 5.74) is 7.55. The molecule has 0 spiro atoms. The number of carbonyl (C=O) groups excluding carboxylic acids is 1. The Balaban J connectivity index is 2.43. The summed E-state index contributed by atoms with van der Waals surface area (Å²) in [6, 6.07) is -0.389. The van der Waals surface area contributed by atoms with E-state index < -0.39 is 0 Å². The Morgan fingerprint density at radius 3 is 3.00 bits per heavy atom. The molecule has 5 heteroatoms. The molecular weight excluding hydrogens is 180 g/mol. The molecule has 2 heterocycles. The molecule has 5 nitrogen and oxygen atoms in total. The van der Waals surface area contributed by atoms with E-state index in [9.17, 15) is 4.79 Å². The number of carbonyl (C=O) groups is 1. The van der Waals surface area contributed by atoms with Crippen molar-refractivity contribution < 1.29 is 4.79 Å². The number of aryl methyl sites for hydroxylation is 2. The Morgan fingerprint density at radius 2 is 2.29 bits per heavy atom. The van der Waals surface area contributed by atoms with Crippen molar-refractivity contribution in [3.8, 4) is 0 Å². The maximum Gasteiger partial charge on any atom is 0.243 e. The van der Waals surface area contributed by atoms with E-state index in [1.165, 1.54) is 0 Å². The maximum absolute atomic E-state index is 11.7. The number of hydrogen-bond donors (Lipinski definition) is 1. The van der Waals surface area contributed by atoms with Gasteiger partial charge in [-0.25, -0.2) is 0 Å². The van der Waals surface area contributed by atoms with Crippen molar-refractivity contribution in [1.82, 2.24) is 9.78 Å². The first-order valence-corrected chi connectivity index (χ1v) is 4.65. The smallest absolute Gasteiger partial charge is 0.243 e. The Morgan fingerprint density at radius 1 is 1.57 bits per heavy atom. The highest BCUT2D eigenvalue weighted by molar-refractivity contribution is 5.97. The van der Waals surface area contributed by atoms with Gasteiger partial charge >= 0.3 is 0 Å². The van der Waals surface area contributed by atoms with E-state index in [0.29, 0.717) is 6.42 Å². The third-order valence-electron chi connectivity index (χ3n) is 2.58. The molecule has 0 saturated heterocycles. The van der Waals surface area contributed by atoms with Gasteiger partial charge in [0.1, 0.15) is 0 Å². The van der Waals surface area contributed by atoms with E-state index >= 15 is 0 Å². The van der Waals surface area contributed by atoms with Crippen LogP contribution in [0.1, 0.15) is 12.1 Å². The van der Waals surface area contributed by atoms with Crippen LogP contribution in [0.4, 0.5) is 5.69 Å². The van der Waals surface area contributed by atoms with Gasteiger partial charge in [-0.1, -0.05) is 0 Å². The van der Waals surface area contributed by atoms with Crippen LogP contribution in [0.15, 0.2) is 6.20 Å². The van der Waals surface area contributed by atoms with Crippen LogP contribution >= 0.6 is 0 Å². The first-order chi connectivity index (χ1) is 6.59. The summed E-state index contributed by atoms with van der Waals surface area (Å²) in [5, 5.41) is 4.30. The zero-order valence-corrected chi connectivity index (χ0v) is 8.40. The molecule has 0 fully saturated rings. The van der Waals surface area contributed by atoms with Crippen LogP contribution < -0.4 is 10.6 Å². The van der Waals surface area contributed by atoms with E-state index in [-0.39, 0.29) is 11.9 Å². The monoisotopic (exact) mass is 194 g/mol. The van der Waals surface area contributed by atoms with E-state index in [1.54, 1.807) is 16.6 Å². The number of likely N-dealkylation sites (N-methyl/N-ethyl adjacent to an activating group) is 1. The summed E-state index contributed by atoms with van der Waals surface area (Å²) in [4.78, 5) is 13.3. The summed E-state index contributed by atoms with van der Waals surface area (Å²) in [6.07, 6.45) is 3.30. The number of rotatable bonds is 0. The van der Waals surface area contributed by atoms with Crippen molar-refractivity contribution in [3.05, 3.63) is 11.9 Å². The molecule has 2 N–H and O–H groups in total. The second-order valence-electron chi connectivity index (χ2n) is 3.68. The average Bonchev–Trinajstić information content (AvgIpc) is 2.49. The van der Waals surface area contributed by atoms with Gasteiger partial charge in [0.05, 0.1) is 17.4 Å². The second kappa shape index (κ2) is 3.09. The molecule has 1 aliphatic heterocycles. The zero-order valence-electron chi connectivity index (χ0n) is 8.40. The van der Waals surface area contributed by atoms with E-state index in [4.69, 9.17) is 5.73 Å². The summed E-state index contributed by atoms with van der Waals surface area (Å²) in [5.74, 6) is -0.0308. The van der Waals surface area contributed by atoms with Crippen molar-refractivity contribution in [2.45, 2.75) is 18.9 Å². The third kappa shape index (κ3) is 1.29. The van der Waals surface area contributed by atoms with Crippen LogP contribution in [0.2, 0.25) is 0 Å². The van der Waals surface area contributed by atoms with Crippen molar-refractivity contribution in [1.29, 1.82) is 0 Å². The number of anilines is 1. The summed E-state index contributed by atoms with van der Waals surface area (Å²) >= 11 is 0. The van der Waals surface area contributed by atoms with Crippen molar-refractivity contribution in [3.63, 3.8) is 0 Å². The largest absolute Gasteiger partial charge is 0.320 e. The maximum atomic E-state index is 11.7. The van der Waals surface area contributed by atoms with Gasteiger partial charge in [0.2, 0.25) is 5.91 Å². The normalized spacial score (nSPS) is 22.1. The van der Waals surface area contributed by atoms with Crippen molar-refractivity contribution >= 4 is 11.6 Å². The fourth-order valence-corrected chi connectivity index (χ4v) is 1.76. The Labute approximate surface area is 82.5 Å². The van der Waals surface area contributed by atoms with E-state index in [2.05, 4.69) is 5.10 Å². The summed E-state index contributed by atoms with van der Waals surface area (Å²) in [6.45, 7) is 0. The molecule has 1 aromatic rings. The fourth-order valence-electron chi connectivity index (χ4n) is 1.76. The van der Waals surface area contributed by atoms with Crippen molar-refractivity contribution in [2.24, 2.45) is 12.8 Å². The minimum atomic E-state index is -0.389. The lowest BCUT2D eigenvalue weighted by Gasteiger charge is -2.16. The number of aromatic nitrogens is 2. The van der Waals surface area contributed by atoms with Crippen LogP contribution in [0.5, 0.6) is 0 Å². The topological polar surface area (TPSA) is 64.2 Å². The predicted octanol–water partition coefficient (Wildman–Crippen LogP) is -0.344. The SMILES string of the molecule is CN1C(=O)[C@@H](N)CCc2nn(C)cc21. The van der Waals surface area contributed by atoms with Crippen LogP contribution in [0.3, 0.4) is 0 Å². The van der Waals surface area contributed by atoms with Gasteiger partial charge in [0.15, 0.2) is 0 Å².